The zero-order chi connectivity index (χ0) is 10.3. The van der Waals surface area contributed by atoms with E-state index >= 15 is 0 Å². The van der Waals surface area contributed by atoms with Gasteiger partial charge in [0.1, 0.15) is 0 Å². The first-order chi connectivity index (χ1) is 5.98. The van der Waals surface area contributed by atoms with Gasteiger partial charge in [-0.05, 0) is 26.3 Å². The lowest BCUT2D eigenvalue weighted by Gasteiger charge is -2.21. The van der Waals surface area contributed by atoms with Crippen LogP contribution in [0.2, 0.25) is 0 Å². The minimum atomic E-state index is -0.694. The van der Waals surface area contributed by atoms with Crippen LogP contribution in [0.15, 0.2) is 0 Å². The van der Waals surface area contributed by atoms with Gasteiger partial charge in [0.25, 0.3) is 0 Å². The molecule has 13 heavy (non-hydrogen) atoms. The molecular formula is C9H21NO2S. The molecule has 0 spiro atoms. The maximum Gasteiger partial charge on any atom is 0.0740 e. The molecule has 0 aliphatic heterocycles. The molecule has 0 fully saturated rings. The Morgan fingerprint density at radius 1 is 1.54 bits per heavy atom. The van der Waals surface area contributed by atoms with Crippen molar-refractivity contribution in [1.29, 1.82) is 0 Å². The van der Waals surface area contributed by atoms with Gasteiger partial charge >= 0.3 is 0 Å². The fourth-order valence-corrected chi connectivity index (χ4v) is 1.43. The molecule has 0 radical (unpaired) electrons. The van der Waals surface area contributed by atoms with Crippen molar-refractivity contribution in [2.24, 2.45) is 0 Å². The van der Waals surface area contributed by atoms with Crippen molar-refractivity contribution in [2.75, 3.05) is 25.1 Å². The topological polar surface area (TPSA) is 49.3 Å². The highest BCUT2D eigenvalue weighted by atomic mass is 32.2. The van der Waals surface area contributed by atoms with Crippen LogP contribution >= 0.6 is 0 Å². The third kappa shape index (κ3) is 8.40. The average molecular weight is 207 g/mol. The average Bonchev–Trinajstić information content (AvgIpc) is 2.03. The quantitative estimate of drug-likeness (QED) is 0.598. The van der Waals surface area contributed by atoms with Crippen LogP contribution in [0.3, 0.4) is 0 Å². The van der Waals surface area contributed by atoms with Crippen LogP contribution in [0, 0.1) is 0 Å². The van der Waals surface area contributed by atoms with E-state index in [2.05, 4.69) is 5.32 Å². The highest BCUT2D eigenvalue weighted by Crippen LogP contribution is 2.05. The van der Waals surface area contributed by atoms with Gasteiger partial charge in [0, 0.05) is 29.4 Å². The predicted molar refractivity (Wildman–Crippen MR) is 57.3 cm³/mol. The first-order valence-corrected chi connectivity index (χ1v) is 6.44. The van der Waals surface area contributed by atoms with Gasteiger partial charge in [-0.25, -0.2) is 0 Å². The van der Waals surface area contributed by atoms with Crippen molar-refractivity contribution in [3.63, 3.8) is 0 Å². The summed E-state index contributed by atoms with van der Waals surface area (Å²) in [6.45, 7) is 5.22. The molecule has 2 unspecified atom stereocenters. The standard InChI is InChI=1S/C9H21NO2S/c1-4-9(2,11)8-10-6-5-7-13(3)12/h10-11H,4-8H2,1-3H3. The second kappa shape index (κ2) is 6.51. The summed E-state index contributed by atoms with van der Waals surface area (Å²) in [6, 6.07) is 0. The van der Waals surface area contributed by atoms with Crippen molar-refractivity contribution < 1.29 is 9.32 Å². The lowest BCUT2D eigenvalue weighted by molar-refractivity contribution is 0.0561. The molecule has 0 aromatic heterocycles. The highest BCUT2D eigenvalue weighted by Gasteiger charge is 2.15. The van der Waals surface area contributed by atoms with E-state index in [4.69, 9.17) is 0 Å². The molecule has 0 amide bonds. The monoisotopic (exact) mass is 207 g/mol. The minimum Gasteiger partial charge on any atom is -0.389 e. The van der Waals surface area contributed by atoms with Crippen molar-refractivity contribution in [1.82, 2.24) is 5.32 Å². The Morgan fingerprint density at radius 2 is 2.15 bits per heavy atom. The highest BCUT2D eigenvalue weighted by molar-refractivity contribution is 7.84. The molecule has 3 nitrogen and oxygen atoms in total. The van der Waals surface area contributed by atoms with Crippen LogP contribution in [0.4, 0.5) is 0 Å². The summed E-state index contributed by atoms with van der Waals surface area (Å²) >= 11 is 0. The van der Waals surface area contributed by atoms with E-state index in [0.29, 0.717) is 6.54 Å². The number of nitrogens with one attached hydrogen (secondary N) is 1. The van der Waals surface area contributed by atoms with E-state index < -0.39 is 16.4 Å². The molecule has 0 aromatic carbocycles. The Labute approximate surface area is 83.4 Å². The molecule has 0 aromatic rings. The summed E-state index contributed by atoms with van der Waals surface area (Å²) in [5.41, 5.74) is -0.606. The summed E-state index contributed by atoms with van der Waals surface area (Å²) in [5.74, 6) is 0.737. The number of aliphatic hydroxyl groups is 1. The van der Waals surface area contributed by atoms with Crippen LogP contribution in [-0.2, 0) is 10.8 Å². The molecule has 2 N–H and O–H groups in total. The number of hydrogen-bond acceptors (Lipinski definition) is 3. The maximum atomic E-state index is 10.7. The van der Waals surface area contributed by atoms with Gasteiger partial charge in [0.2, 0.25) is 0 Å². The van der Waals surface area contributed by atoms with Gasteiger partial charge in [-0.1, -0.05) is 6.92 Å². The molecule has 0 saturated carbocycles. The van der Waals surface area contributed by atoms with Gasteiger partial charge < -0.3 is 10.4 Å². The van der Waals surface area contributed by atoms with Crippen molar-refractivity contribution in [3.8, 4) is 0 Å². The molecule has 0 bridgehead atoms. The maximum absolute atomic E-state index is 10.7. The zero-order valence-electron chi connectivity index (χ0n) is 8.80. The first-order valence-electron chi connectivity index (χ1n) is 4.71. The Bertz CT molecular complexity index is 160. The van der Waals surface area contributed by atoms with Crippen LogP contribution in [-0.4, -0.2) is 40.0 Å². The second-order valence-corrected chi connectivity index (χ2v) is 5.21. The third-order valence-electron chi connectivity index (χ3n) is 2.05. The SMILES string of the molecule is CCC(C)(O)CNCCCS(C)=O. The van der Waals surface area contributed by atoms with Crippen LogP contribution in [0.5, 0.6) is 0 Å². The van der Waals surface area contributed by atoms with Crippen molar-refractivity contribution in [2.45, 2.75) is 32.3 Å². The lowest BCUT2D eigenvalue weighted by Crippen LogP contribution is -2.37. The van der Waals surface area contributed by atoms with Crippen molar-refractivity contribution in [3.05, 3.63) is 0 Å². The normalized spacial score (nSPS) is 18.2. The molecule has 0 aliphatic carbocycles. The Balaban J connectivity index is 3.30. The number of rotatable bonds is 7. The molecule has 0 heterocycles. The Morgan fingerprint density at radius 3 is 2.62 bits per heavy atom. The third-order valence-corrected chi connectivity index (χ3v) is 2.92. The number of hydrogen-bond donors (Lipinski definition) is 2. The molecule has 0 aliphatic rings. The summed E-state index contributed by atoms with van der Waals surface area (Å²) < 4.78 is 10.7. The van der Waals surface area contributed by atoms with E-state index in [1.54, 1.807) is 6.26 Å². The van der Waals surface area contributed by atoms with E-state index in [1.807, 2.05) is 13.8 Å². The second-order valence-electron chi connectivity index (χ2n) is 3.66. The first kappa shape index (κ1) is 13.1. The molecule has 2 atom stereocenters. The molecule has 0 saturated heterocycles. The predicted octanol–water partition coefficient (Wildman–Crippen LogP) is 0.506. The van der Waals surface area contributed by atoms with Gasteiger partial charge in [-0.15, -0.1) is 0 Å². The Hall–Kier alpha value is 0.0700. The summed E-state index contributed by atoms with van der Waals surface area (Å²) in [5, 5.41) is 12.8. The van der Waals surface area contributed by atoms with Crippen LogP contribution in [0.25, 0.3) is 0 Å². The smallest absolute Gasteiger partial charge is 0.0740 e. The summed E-state index contributed by atoms with van der Waals surface area (Å²) in [7, 11) is -0.694. The molecule has 0 rings (SSSR count). The fourth-order valence-electron chi connectivity index (χ4n) is 0.883. The largest absolute Gasteiger partial charge is 0.389 e. The summed E-state index contributed by atoms with van der Waals surface area (Å²) in [4.78, 5) is 0. The van der Waals surface area contributed by atoms with Crippen molar-refractivity contribution >= 4 is 10.8 Å². The molecule has 4 heteroatoms. The summed E-state index contributed by atoms with van der Waals surface area (Å²) in [6.07, 6.45) is 3.37. The van der Waals surface area contributed by atoms with Gasteiger partial charge in [0.05, 0.1) is 5.60 Å². The van der Waals surface area contributed by atoms with Crippen LogP contribution in [0.1, 0.15) is 26.7 Å². The van der Waals surface area contributed by atoms with Gasteiger partial charge in [-0.3, -0.25) is 4.21 Å². The fraction of sp³-hybridized carbons (Fsp3) is 1.00. The molecular weight excluding hydrogens is 186 g/mol. The zero-order valence-corrected chi connectivity index (χ0v) is 9.62. The van der Waals surface area contributed by atoms with E-state index in [0.717, 1.165) is 25.1 Å². The van der Waals surface area contributed by atoms with Gasteiger partial charge in [-0.2, -0.15) is 0 Å². The molecule has 80 valence electrons. The Kier molecular flexibility index (Phi) is 6.55. The van der Waals surface area contributed by atoms with E-state index in [-0.39, 0.29) is 0 Å². The van der Waals surface area contributed by atoms with Gasteiger partial charge in [0.15, 0.2) is 0 Å². The lowest BCUT2D eigenvalue weighted by atomic mass is 10.0. The van der Waals surface area contributed by atoms with E-state index in [9.17, 15) is 9.32 Å². The van der Waals surface area contributed by atoms with E-state index in [1.165, 1.54) is 0 Å². The van der Waals surface area contributed by atoms with Crippen LogP contribution < -0.4 is 5.32 Å². The minimum absolute atomic E-state index is 0.606.